The Balaban J connectivity index is 2.15. The Morgan fingerprint density at radius 2 is 2.38 bits per heavy atom. The third kappa shape index (κ3) is 5.28. The number of carbonyl (C=O) groups is 1. The smallest absolute Gasteiger partial charge is 0.233 e. The molecule has 1 amide bonds. The van der Waals surface area contributed by atoms with Crippen molar-refractivity contribution in [2.45, 2.75) is 32.7 Å². The van der Waals surface area contributed by atoms with Crippen molar-refractivity contribution in [3.8, 4) is 0 Å². The van der Waals surface area contributed by atoms with E-state index in [1.54, 1.807) is 11.3 Å². The van der Waals surface area contributed by atoms with E-state index >= 15 is 0 Å². The minimum absolute atomic E-state index is 0.0832. The first kappa shape index (κ1) is 13.2. The van der Waals surface area contributed by atoms with Crippen LogP contribution in [0.3, 0.4) is 0 Å². The Hall–Kier alpha value is -0.870. The third-order valence-electron chi connectivity index (χ3n) is 2.27. The molecule has 0 radical (unpaired) electrons. The van der Waals surface area contributed by atoms with Gasteiger partial charge in [-0.05, 0) is 31.2 Å². The van der Waals surface area contributed by atoms with E-state index in [-0.39, 0.29) is 5.91 Å². The van der Waals surface area contributed by atoms with Crippen LogP contribution in [0.2, 0.25) is 0 Å². The molecule has 1 atom stereocenters. The number of hydrogen-bond acceptors (Lipinski definition) is 3. The van der Waals surface area contributed by atoms with Gasteiger partial charge in [-0.15, -0.1) is 11.3 Å². The normalized spacial score (nSPS) is 12.4. The van der Waals surface area contributed by atoms with Gasteiger partial charge in [0.25, 0.3) is 0 Å². The molecule has 4 heteroatoms. The van der Waals surface area contributed by atoms with Crippen molar-refractivity contribution in [2.24, 2.45) is 0 Å². The Bertz CT molecular complexity index is 298. The Labute approximate surface area is 101 Å². The van der Waals surface area contributed by atoms with Crippen LogP contribution in [-0.2, 0) is 11.2 Å². The highest BCUT2D eigenvalue weighted by Crippen LogP contribution is 2.10. The summed E-state index contributed by atoms with van der Waals surface area (Å²) in [4.78, 5) is 12.7. The van der Waals surface area contributed by atoms with Crippen molar-refractivity contribution in [3.63, 3.8) is 0 Å². The fourth-order valence-corrected chi connectivity index (χ4v) is 2.23. The molecule has 1 unspecified atom stereocenters. The second-order valence-electron chi connectivity index (χ2n) is 3.92. The molecule has 0 bridgehead atoms. The molecule has 2 N–H and O–H groups in total. The molecule has 0 aliphatic rings. The number of thiophene rings is 1. The van der Waals surface area contributed by atoms with Crippen LogP contribution in [-0.4, -0.2) is 25.0 Å². The minimum atomic E-state index is 0.0832. The van der Waals surface area contributed by atoms with Gasteiger partial charge in [0, 0.05) is 17.5 Å². The van der Waals surface area contributed by atoms with Gasteiger partial charge < -0.3 is 10.6 Å². The topological polar surface area (TPSA) is 41.1 Å². The molecule has 3 nitrogen and oxygen atoms in total. The highest BCUT2D eigenvalue weighted by Gasteiger charge is 2.06. The van der Waals surface area contributed by atoms with E-state index in [0.717, 1.165) is 19.4 Å². The van der Waals surface area contributed by atoms with E-state index in [4.69, 9.17) is 0 Å². The van der Waals surface area contributed by atoms with E-state index in [9.17, 15) is 4.79 Å². The highest BCUT2D eigenvalue weighted by molar-refractivity contribution is 7.09. The first-order valence-corrected chi connectivity index (χ1v) is 6.62. The van der Waals surface area contributed by atoms with Gasteiger partial charge in [-0.3, -0.25) is 4.79 Å². The summed E-state index contributed by atoms with van der Waals surface area (Å²) in [5.74, 6) is 0.0832. The number of hydrogen-bond donors (Lipinski definition) is 2. The molecule has 0 fully saturated rings. The summed E-state index contributed by atoms with van der Waals surface area (Å²) in [5, 5.41) is 8.15. The zero-order chi connectivity index (χ0) is 11.8. The van der Waals surface area contributed by atoms with Gasteiger partial charge >= 0.3 is 0 Å². The van der Waals surface area contributed by atoms with E-state index in [1.165, 1.54) is 4.88 Å². The largest absolute Gasteiger partial charge is 0.355 e. The van der Waals surface area contributed by atoms with Gasteiger partial charge in [0.05, 0.1) is 6.54 Å². The Morgan fingerprint density at radius 3 is 3.00 bits per heavy atom. The average Bonchev–Trinajstić information content (AvgIpc) is 2.76. The third-order valence-corrected chi connectivity index (χ3v) is 3.17. The maximum absolute atomic E-state index is 11.3. The summed E-state index contributed by atoms with van der Waals surface area (Å²) < 4.78 is 0. The van der Waals surface area contributed by atoms with Gasteiger partial charge in [0.15, 0.2) is 0 Å². The van der Waals surface area contributed by atoms with Crippen LogP contribution >= 0.6 is 11.3 Å². The molecular weight excluding hydrogens is 220 g/mol. The number of rotatable bonds is 7. The van der Waals surface area contributed by atoms with E-state index in [2.05, 4.69) is 35.1 Å². The monoisotopic (exact) mass is 240 g/mol. The molecule has 0 saturated heterocycles. The lowest BCUT2D eigenvalue weighted by Gasteiger charge is -2.12. The number of nitrogens with one attached hydrogen (secondary N) is 2. The number of carbonyl (C=O) groups excluding carboxylic acids is 1. The predicted molar refractivity (Wildman–Crippen MR) is 68.8 cm³/mol. The molecule has 0 spiro atoms. The first-order valence-electron chi connectivity index (χ1n) is 5.74. The fraction of sp³-hybridized carbons (Fsp3) is 0.583. The molecule has 0 aromatic carbocycles. The van der Waals surface area contributed by atoms with Crippen molar-refractivity contribution >= 4 is 17.2 Å². The second kappa shape index (κ2) is 7.41. The summed E-state index contributed by atoms with van der Waals surface area (Å²) in [5.41, 5.74) is 0. The van der Waals surface area contributed by atoms with Crippen LogP contribution in [0.4, 0.5) is 0 Å². The highest BCUT2D eigenvalue weighted by atomic mass is 32.1. The molecule has 0 aliphatic heterocycles. The summed E-state index contributed by atoms with van der Waals surface area (Å²) in [6, 6.07) is 4.52. The van der Waals surface area contributed by atoms with E-state index < -0.39 is 0 Å². The summed E-state index contributed by atoms with van der Waals surface area (Å²) >= 11 is 1.76. The molecule has 1 aromatic rings. The van der Waals surface area contributed by atoms with Crippen LogP contribution in [0.1, 0.15) is 25.1 Å². The van der Waals surface area contributed by atoms with Crippen LogP contribution in [0.5, 0.6) is 0 Å². The molecule has 1 rings (SSSR count). The zero-order valence-electron chi connectivity index (χ0n) is 9.95. The summed E-state index contributed by atoms with van der Waals surface area (Å²) in [7, 11) is 0. The Morgan fingerprint density at radius 1 is 1.56 bits per heavy atom. The second-order valence-corrected chi connectivity index (χ2v) is 4.95. The summed E-state index contributed by atoms with van der Waals surface area (Å²) in [6.45, 7) is 5.33. The SMILES string of the molecule is CCCNC(=O)CNC(C)Cc1cccs1. The average molecular weight is 240 g/mol. The fourth-order valence-electron chi connectivity index (χ4n) is 1.40. The van der Waals surface area contributed by atoms with Gasteiger partial charge in [0.1, 0.15) is 0 Å². The maximum atomic E-state index is 11.3. The van der Waals surface area contributed by atoms with Gasteiger partial charge in [-0.1, -0.05) is 13.0 Å². The molecule has 0 saturated carbocycles. The van der Waals surface area contributed by atoms with Crippen LogP contribution in [0.25, 0.3) is 0 Å². The Kier molecular flexibility index (Phi) is 6.11. The molecular formula is C12H20N2OS. The molecule has 0 aliphatic carbocycles. The van der Waals surface area contributed by atoms with Gasteiger partial charge in [0.2, 0.25) is 5.91 Å². The van der Waals surface area contributed by atoms with Crippen molar-refractivity contribution in [1.29, 1.82) is 0 Å². The first-order chi connectivity index (χ1) is 7.72. The van der Waals surface area contributed by atoms with Gasteiger partial charge in [-0.2, -0.15) is 0 Å². The molecule has 90 valence electrons. The number of amides is 1. The lowest BCUT2D eigenvalue weighted by atomic mass is 10.2. The molecule has 1 aromatic heterocycles. The van der Waals surface area contributed by atoms with Crippen molar-refractivity contribution in [2.75, 3.05) is 13.1 Å². The van der Waals surface area contributed by atoms with E-state index in [1.807, 2.05) is 6.92 Å². The summed E-state index contributed by atoms with van der Waals surface area (Å²) in [6.07, 6.45) is 1.97. The van der Waals surface area contributed by atoms with Crippen molar-refractivity contribution in [3.05, 3.63) is 22.4 Å². The molecule has 16 heavy (non-hydrogen) atoms. The standard InChI is InChI=1S/C12H20N2OS/c1-3-6-13-12(15)9-14-10(2)8-11-5-4-7-16-11/h4-5,7,10,14H,3,6,8-9H2,1-2H3,(H,13,15). The van der Waals surface area contributed by atoms with Gasteiger partial charge in [-0.25, -0.2) is 0 Å². The maximum Gasteiger partial charge on any atom is 0.233 e. The van der Waals surface area contributed by atoms with Crippen LogP contribution in [0, 0.1) is 0 Å². The lowest BCUT2D eigenvalue weighted by Crippen LogP contribution is -2.38. The van der Waals surface area contributed by atoms with Crippen molar-refractivity contribution < 1.29 is 4.79 Å². The minimum Gasteiger partial charge on any atom is -0.355 e. The molecule has 1 heterocycles. The van der Waals surface area contributed by atoms with Crippen LogP contribution in [0.15, 0.2) is 17.5 Å². The lowest BCUT2D eigenvalue weighted by molar-refractivity contribution is -0.120. The van der Waals surface area contributed by atoms with Crippen LogP contribution < -0.4 is 10.6 Å². The van der Waals surface area contributed by atoms with Crippen molar-refractivity contribution in [1.82, 2.24) is 10.6 Å². The predicted octanol–water partition coefficient (Wildman–Crippen LogP) is 1.79. The quantitative estimate of drug-likeness (QED) is 0.763. The van der Waals surface area contributed by atoms with E-state index in [0.29, 0.717) is 12.6 Å². The zero-order valence-corrected chi connectivity index (χ0v) is 10.8.